The monoisotopic (exact) mass is 377 g/mol. The highest BCUT2D eigenvalue weighted by molar-refractivity contribution is 6.01. The van der Waals surface area contributed by atoms with E-state index in [4.69, 9.17) is 0 Å². The smallest absolute Gasteiger partial charge is 0.354 e. The Balaban J connectivity index is 1.53. The molecule has 3 aromatic rings. The molecule has 0 saturated heterocycles. The molecule has 7 nitrogen and oxygen atoms in total. The fourth-order valence-electron chi connectivity index (χ4n) is 3.49. The first-order valence-electron chi connectivity index (χ1n) is 8.99. The molecule has 3 N–H and O–H groups in total. The van der Waals surface area contributed by atoms with Crippen molar-refractivity contribution in [3.8, 4) is 0 Å². The van der Waals surface area contributed by atoms with Crippen molar-refractivity contribution in [2.75, 3.05) is 17.7 Å². The van der Waals surface area contributed by atoms with Crippen LogP contribution < -0.4 is 16.1 Å². The van der Waals surface area contributed by atoms with E-state index in [9.17, 15) is 14.4 Å². The van der Waals surface area contributed by atoms with Crippen LogP contribution in [0.4, 0.5) is 16.2 Å². The summed E-state index contributed by atoms with van der Waals surface area (Å²) in [6.45, 7) is 0. The number of carbonyl (C=O) groups excluding carboxylic acids is 2. The number of hydrogen-bond donors (Lipinski definition) is 3. The molecule has 0 radical (unpaired) electrons. The Bertz CT molecular complexity index is 1150. The number of aromatic nitrogens is 1. The number of carbonyl (C=O) groups is 2. The number of methoxy groups -OCH3 is 1. The molecule has 0 aliphatic heterocycles. The second-order valence-corrected chi connectivity index (χ2v) is 6.72. The molecule has 0 bridgehead atoms. The van der Waals surface area contributed by atoms with Gasteiger partial charge >= 0.3 is 12.0 Å². The van der Waals surface area contributed by atoms with Gasteiger partial charge in [-0.05, 0) is 60.7 Å². The molecule has 1 aromatic heterocycles. The van der Waals surface area contributed by atoms with Crippen molar-refractivity contribution in [1.82, 2.24) is 4.98 Å². The van der Waals surface area contributed by atoms with Crippen molar-refractivity contribution < 1.29 is 14.3 Å². The van der Waals surface area contributed by atoms with Crippen molar-refractivity contribution in [2.45, 2.75) is 19.3 Å². The second kappa shape index (κ2) is 7.19. The SMILES string of the molecule is COC(=O)c1cc(=O)c2cc(NC(=O)Nc3ccc4c(c3)CCC4)ccc2[nH]1. The summed E-state index contributed by atoms with van der Waals surface area (Å²) in [5, 5.41) is 5.91. The number of fused-ring (bicyclic) bond motifs is 2. The quantitative estimate of drug-likeness (QED) is 0.609. The van der Waals surface area contributed by atoms with Crippen molar-refractivity contribution in [3.63, 3.8) is 0 Å². The van der Waals surface area contributed by atoms with Crippen LogP contribution in [0.3, 0.4) is 0 Å². The minimum absolute atomic E-state index is 0.0788. The van der Waals surface area contributed by atoms with Crippen molar-refractivity contribution >= 4 is 34.3 Å². The number of aromatic amines is 1. The van der Waals surface area contributed by atoms with E-state index >= 15 is 0 Å². The van der Waals surface area contributed by atoms with Gasteiger partial charge in [0, 0.05) is 22.8 Å². The Morgan fingerprint density at radius 2 is 1.68 bits per heavy atom. The van der Waals surface area contributed by atoms with Gasteiger partial charge in [-0.2, -0.15) is 0 Å². The summed E-state index contributed by atoms with van der Waals surface area (Å²) in [6.07, 6.45) is 3.27. The number of esters is 1. The summed E-state index contributed by atoms with van der Waals surface area (Å²) in [6, 6.07) is 11.6. The largest absolute Gasteiger partial charge is 0.464 e. The van der Waals surface area contributed by atoms with Crippen LogP contribution in [-0.4, -0.2) is 24.1 Å². The maximum Gasteiger partial charge on any atom is 0.354 e. The van der Waals surface area contributed by atoms with Crippen LogP contribution in [0.1, 0.15) is 28.0 Å². The summed E-state index contributed by atoms with van der Waals surface area (Å²) in [7, 11) is 1.25. The van der Waals surface area contributed by atoms with Gasteiger partial charge in [0.2, 0.25) is 0 Å². The Labute approximate surface area is 160 Å². The second-order valence-electron chi connectivity index (χ2n) is 6.72. The molecule has 0 atom stereocenters. The number of hydrogen-bond acceptors (Lipinski definition) is 4. The van der Waals surface area contributed by atoms with Crippen LogP contribution in [-0.2, 0) is 17.6 Å². The first-order valence-corrected chi connectivity index (χ1v) is 8.99. The number of ether oxygens (including phenoxy) is 1. The molecule has 142 valence electrons. The van der Waals surface area contributed by atoms with Crippen molar-refractivity contribution in [2.24, 2.45) is 0 Å². The topological polar surface area (TPSA) is 100 Å². The van der Waals surface area contributed by atoms with E-state index in [-0.39, 0.29) is 17.2 Å². The summed E-state index contributed by atoms with van der Waals surface area (Å²) < 4.78 is 4.63. The van der Waals surface area contributed by atoms with Gasteiger partial charge in [-0.25, -0.2) is 9.59 Å². The number of nitrogens with one attached hydrogen (secondary N) is 3. The molecule has 4 rings (SSSR count). The molecule has 0 spiro atoms. The van der Waals surface area contributed by atoms with Gasteiger partial charge in [0.15, 0.2) is 5.43 Å². The van der Waals surface area contributed by atoms with Crippen LogP contribution in [0.2, 0.25) is 0 Å². The van der Waals surface area contributed by atoms with E-state index in [1.807, 2.05) is 18.2 Å². The lowest BCUT2D eigenvalue weighted by molar-refractivity contribution is 0.0594. The zero-order chi connectivity index (χ0) is 19.7. The summed E-state index contributed by atoms with van der Waals surface area (Å²) >= 11 is 0. The number of H-pyrrole nitrogens is 1. The zero-order valence-electron chi connectivity index (χ0n) is 15.3. The average molecular weight is 377 g/mol. The number of pyridine rings is 1. The van der Waals surface area contributed by atoms with Gasteiger partial charge in [-0.3, -0.25) is 4.79 Å². The van der Waals surface area contributed by atoms with Gasteiger partial charge in [0.25, 0.3) is 0 Å². The first-order chi connectivity index (χ1) is 13.5. The lowest BCUT2D eigenvalue weighted by atomic mass is 10.1. The fraction of sp³-hybridized carbons (Fsp3) is 0.190. The number of amides is 2. The van der Waals surface area contributed by atoms with Crippen molar-refractivity contribution in [3.05, 3.63) is 69.5 Å². The fourth-order valence-corrected chi connectivity index (χ4v) is 3.49. The Morgan fingerprint density at radius 1 is 0.964 bits per heavy atom. The van der Waals surface area contributed by atoms with Gasteiger partial charge in [0.05, 0.1) is 12.6 Å². The molecular weight excluding hydrogens is 358 g/mol. The third kappa shape index (κ3) is 3.46. The van der Waals surface area contributed by atoms with Gasteiger partial charge in [-0.1, -0.05) is 6.07 Å². The van der Waals surface area contributed by atoms with E-state index in [2.05, 4.69) is 20.4 Å². The van der Waals surface area contributed by atoms with Gasteiger partial charge in [-0.15, -0.1) is 0 Å². The van der Waals surface area contributed by atoms with Crippen LogP contribution in [0.25, 0.3) is 10.9 Å². The third-order valence-corrected chi connectivity index (χ3v) is 4.85. The molecule has 0 fully saturated rings. The number of benzene rings is 2. The Morgan fingerprint density at radius 3 is 2.46 bits per heavy atom. The highest BCUT2D eigenvalue weighted by Gasteiger charge is 2.13. The minimum Gasteiger partial charge on any atom is -0.464 e. The molecule has 1 heterocycles. The highest BCUT2D eigenvalue weighted by Crippen LogP contribution is 2.25. The number of urea groups is 1. The maximum absolute atomic E-state index is 12.3. The van der Waals surface area contributed by atoms with Gasteiger partial charge in [0.1, 0.15) is 5.69 Å². The molecule has 0 unspecified atom stereocenters. The Kier molecular flexibility index (Phi) is 4.57. The van der Waals surface area contributed by atoms with Crippen LogP contribution in [0, 0.1) is 0 Å². The molecular formula is C21H19N3O4. The molecule has 1 aliphatic rings. The van der Waals surface area contributed by atoms with Crippen molar-refractivity contribution in [1.29, 1.82) is 0 Å². The lowest BCUT2D eigenvalue weighted by Crippen LogP contribution is -2.19. The summed E-state index contributed by atoms with van der Waals surface area (Å²) in [4.78, 5) is 39.1. The normalized spacial score (nSPS) is 12.5. The van der Waals surface area contributed by atoms with Crippen LogP contribution >= 0.6 is 0 Å². The number of aryl methyl sites for hydroxylation is 2. The van der Waals surface area contributed by atoms with E-state index in [0.717, 1.165) is 24.9 Å². The third-order valence-electron chi connectivity index (χ3n) is 4.85. The van der Waals surface area contributed by atoms with Crippen LogP contribution in [0.15, 0.2) is 47.3 Å². The lowest BCUT2D eigenvalue weighted by Gasteiger charge is -2.10. The van der Waals surface area contributed by atoms with Crippen LogP contribution in [0.5, 0.6) is 0 Å². The molecule has 1 aliphatic carbocycles. The molecule has 0 saturated carbocycles. The zero-order valence-corrected chi connectivity index (χ0v) is 15.3. The van der Waals surface area contributed by atoms with E-state index in [0.29, 0.717) is 16.6 Å². The Hall–Kier alpha value is -3.61. The maximum atomic E-state index is 12.3. The van der Waals surface area contributed by atoms with Gasteiger partial charge < -0.3 is 20.4 Å². The number of anilines is 2. The highest BCUT2D eigenvalue weighted by atomic mass is 16.5. The minimum atomic E-state index is -0.616. The predicted molar refractivity (Wildman–Crippen MR) is 107 cm³/mol. The molecule has 28 heavy (non-hydrogen) atoms. The van der Waals surface area contributed by atoms with E-state index in [1.165, 1.54) is 24.3 Å². The van der Waals surface area contributed by atoms with E-state index < -0.39 is 5.97 Å². The van der Waals surface area contributed by atoms with E-state index in [1.54, 1.807) is 18.2 Å². The average Bonchev–Trinajstić information content (AvgIpc) is 3.15. The first kappa shape index (κ1) is 17.8. The summed E-state index contributed by atoms with van der Waals surface area (Å²) in [5.41, 5.74) is 4.05. The number of rotatable bonds is 3. The summed E-state index contributed by atoms with van der Waals surface area (Å²) in [5.74, 6) is -0.616. The predicted octanol–water partition coefficient (Wildman–Crippen LogP) is 3.45. The molecule has 7 heteroatoms. The standard InChI is InChI=1S/C21H19N3O4/c1-28-20(26)18-11-19(25)16-10-15(7-8-17(16)24-18)23-21(27)22-14-6-5-12-3-2-4-13(12)9-14/h5-11H,2-4H2,1H3,(H,24,25)(H2,22,23,27). The molecule has 2 amide bonds. The molecule has 2 aromatic carbocycles.